The number of aromatic amines is 1. The van der Waals surface area contributed by atoms with E-state index >= 15 is 0 Å². The van der Waals surface area contributed by atoms with Crippen LogP contribution in [0.4, 0.5) is 0 Å². The highest BCUT2D eigenvalue weighted by Crippen LogP contribution is 2.20. The molecule has 0 aromatic carbocycles. The summed E-state index contributed by atoms with van der Waals surface area (Å²) in [6.07, 6.45) is 4.98. The minimum Gasteiger partial charge on any atom is -0.341 e. The number of amides is 1. The Morgan fingerprint density at radius 3 is 3.00 bits per heavy atom. The van der Waals surface area contributed by atoms with E-state index in [1.165, 1.54) is 6.42 Å². The first-order chi connectivity index (χ1) is 10.6. The number of nitrogens with one attached hydrogen (secondary N) is 1. The molecule has 118 valence electrons. The van der Waals surface area contributed by atoms with E-state index in [2.05, 4.69) is 15.3 Å². The average Bonchev–Trinajstić information content (AvgIpc) is 3.09. The van der Waals surface area contributed by atoms with Gasteiger partial charge in [-0.2, -0.15) is 10.2 Å². The fourth-order valence-electron chi connectivity index (χ4n) is 3.23. The molecule has 22 heavy (non-hydrogen) atoms. The van der Waals surface area contributed by atoms with Crippen molar-refractivity contribution in [3.8, 4) is 0 Å². The number of H-pyrrole nitrogens is 1. The van der Waals surface area contributed by atoms with Gasteiger partial charge in [0, 0.05) is 30.7 Å². The molecule has 1 amide bonds. The number of rotatable bonds is 4. The van der Waals surface area contributed by atoms with Gasteiger partial charge in [-0.15, -0.1) is 0 Å². The van der Waals surface area contributed by atoms with Crippen molar-refractivity contribution in [2.24, 2.45) is 5.92 Å². The van der Waals surface area contributed by atoms with Crippen molar-refractivity contribution in [3.05, 3.63) is 35.4 Å². The molecule has 6 heteroatoms. The normalized spacial score (nSPS) is 18.6. The van der Waals surface area contributed by atoms with Gasteiger partial charge in [-0.05, 0) is 51.2 Å². The van der Waals surface area contributed by atoms with Gasteiger partial charge in [0.05, 0.1) is 5.69 Å². The van der Waals surface area contributed by atoms with Gasteiger partial charge >= 0.3 is 0 Å². The van der Waals surface area contributed by atoms with Crippen molar-refractivity contribution in [1.29, 1.82) is 0 Å². The number of hydrogen-bond donors (Lipinski definition) is 1. The smallest absolute Gasteiger partial charge is 0.244 e. The van der Waals surface area contributed by atoms with E-state index in [0.717, 1.165) is 43.0 Å². The van der Waals surface area contributed by atoms with E-state index < -0.39 is 0 Å². The lowest BCUT2D eigenvalue weighted by Crippen LogP contribution is -2.42. The highest BCUT2D eigenvalue weighted by atomic mass is 16.2. The highest BCUT2D eigenvalue weighted by molar-refractivity contribution is 5.76. The van der Waals surface area contributed by atoms with Crippen molar-refractivity contribution < 1.29 is 4.79 Å². The van der Waals surface area contributed by atoms with E-state index in [-0.39, 0.29) is 5.91 Å². The number of aryl methyl sites for hydroxylation is 2. The van der Waals surface area contributed by atoms with Crippen molar-refractivity contribution in [1.82, 2.24) is 24.9 Å². The quantitative estimate of drug-likeness (QED) is 0.934. The molecule has 3 rings (SSSR count). The summed E-state index contributed by atoms with van der Waals surface area (Å²) in [6, 6.07) is 4.02. The van der Waals surface area contributed by atoms with Crippen LogP contribution in [0.25, 0.3) is 0 Å². The molecule has 6 nitrogen and oxygen atoms in total. The van der Waals surface area contributed by atoms with Crippen LogP contribution in [-0.2, 0) is 17.8 Å². The van der Waals surface area contributed by atoms with Crippen LogP contribution < -0.4 is 0 Å². The number of hydrogen-bond acceptors (Lipinski definition) is 3. The zero-order chi connectivity index (χ0) is 15.5. The molecule has 0 radical (unpaired) electrons. The predicted molar refractivity (Wildman–Crippen MR) is 83.3 cm³/mol. The minimum atomic E-state index is 0.167. The third kappa shape index (κ3) is 3.37. The molecule has 2 aromatic heterocycles. The van der Waals surface area contributed by atoms with Crippen LogP contribution >= 0.6 is 0 Å². The molecule has 1 aliphatic heterocycles. The Bertz CT molecular complexity index is 631. The maximum absolute atomic E-state index is 12.5. The molecule has 2 aromatic rings. The molecule has 0 bridgehead atoms. The summed E-state index contributed by atoms with van der Waals surface area (Å²) in [5.41, 5.74) is 3.15. The third-order valence-corrected chi connectivity index (χ3v) is 4.33. The van der Waals surface area contributed by atoms with E-state index in [4.69, 9.17) is 0 Å². The molecular formula is C16H23N5O. The van der Waals surface area contributed by atoms with Crippen molar-refractivity contribution >= 4 is 5.91 Å². The number of carbonyl (C=O) groups excluding carboxylic acids is 1. The second-order valence-corrected chi connectivity index (χ2v) is 6.22. The Hall–Kier alpha value is -2.11. The second-order valence-electron chi connectivity index (χ2n) is 6.22. The maximum atomic E-state index is 12.5. The first-order valence-corrected chi connectivity index (χ1v) is 7.89. The molecular weight excluding hydrogens is 278 g/mol. The topological polar surface area (TPSA) is 66.8 Å². The van der Waals surface area contributed by atoms with Gasteiger partial charge in [-0.3, -0.25) is 14.6 Å². The van der Waals surface area contributed by atoms with Crippen molar-refractivity contribution in [2.45, 2.75) is 39.7 Å². The van der Waals surface area contributed by atoms with Gasteiger partial charge in [-0.1, -0.05) is 0 Å². The monoisotopic (exact) mass is 301 g/mol. The lowest BCUT2D eigenvalue weighted by Gasteiger charge is -2.32. The van der Waals surface area contributed by atoms with Crippen molar-refractivity contribution in [2.75, 3.05) is 13.1 Å². The SMILES string of the molecule is Cc1cc(C)n(CC(=O)N2CCC[C@H](Cc3ccn[nH]3)C2)n1. The van der Waals surface area contributed by atoms with E-state index in [1.807, 2.05) is 30.9 Å². The zero-order valence-electron chi connectivity index (χ0n) is 13.2. The Labute approximate surface area is 130 Å². The fraction of sp³-hybridized carbons (Fsp3) is 0.562. The van der Waals surface area contributed by atoms with Gasteiger partial charge in [-0.25, -0.2) is 0 Å². The third-order valence-electron chi connectivity index (χ3n) is 4.33. The molecule has 0 unspecified atom stereocenters. The second kappa shape index (κ2) is 6.34. The number of likely N-dealkylation sites (tertiary alicyclic amines) is 1. The zero-order valence-corrected chi connectivity index (χ0v) is 13.2. The number of piperidine rings is 1. The number of carbonyl (C=O) groups is 1. The number of aromatic nitrogens is 4. The fourth-order valence-corrected chi connectivity index (χ4v) is 3.23. The van der Waals surface area contributed by atoms with Crippen LogP contribution in [0.5, 0.6) is 0 Å². The van der Waals surface area contributed by atoms with Crippen LogP contribution in [0.3, 0.4) is 0 Å². The average molecular weight is 301 g/mol. The van der Waals surface area contributed by atoms with Gasteiger partial charge in [0.15, 0.2) is 0 Å². The lowest BCUT2D eigenvalue weighted by molar-refractivity contribution is -0.133. The molecule has 1 aliphatic rings. The Morgan fingerprint density at radius 2 is 2.32 bits per heavy atom. The van der Waals surface area contributed by atoms with E-state index in [9.17, 15) is 4.79 Å². The summed E-state index contributed by atoms with van der Waals surface area (Å²) in [4.78, 5) is 14.5. The first kappa shape index (κ1) is 14.8. The number of nitrogens with zero attached hydrogens (tertiary/aromatic N) is 4. The van der Waals surface area contributed by atoms with Crippen LogP contribution in [0, 0.1) is 19.8 Å². The van der Waals surface area contributed by atoms with Crippen LogP contribution in [0.1, 0.15) is 29.9 Å². The van der Waals surface area contributed by atoms with Crippen LogP contribution in [0.15, 0.2) is 18.3 Å². The van der Waals surface area contributed by atoms with Crippen LogP contribution in [0.2, 0.25) is 0 Å². The predicted octanol–water partition coefficient (Wildman–Crippen LogP) is 1.70. The maximum Gasteiger partial charge on any atom is 0.244 e. The lowest BCUT2D eigenvalue weighted by atomic mass is 9.93. The summed E-state index contributed by atoms with van der Waals surface area (Å²) in [6.45, 7) is 5.98. The van der Waals surface area contributed by atoms with Gasteiger partial charge in [0.25, 0.3) is 0 Å². The highest BCUT2D eigenvalue weighted by Gasteiger charge is 2.24. The van der Waals surface area contributed by atoms with Gasteiger partial charge in [0.2, 0.25) is 5.91 Å². The molecule has 3 heterocycles. The molecule has 1 N–H and O–H groups in total. The van der Waals surface area contributed by atoms with E-state index in [0.29, 0.717) is 12.5 Å². The Morgan fingerprint density at radius 1 is 1.45 bits per heavy atom. The molecule has 1 atom stereocenters. The first-order valence-electron chi connectivity index (χ1n) is 7.89. The standard InChI is InChI=1S/C16H23N5O/c1-12-8-13(2)21(19-12)11-16(22)20-7-3-4-14(10-20)9-15-5-6-17-18-15/h5-6,8,14H,3-4,7,9-11H2,1-2H3,(H,17,18)/t14-/m1/s1. The Kier molecular flexibility index (Phi) is 4.27. The molecule has 0 aliphatic carbocycles. The van der Waals surface area contributed by atoms with Crippen LogP contribution in [-0.4, -0.2) is 43.9 Å². The summed E-state index contributed by atoms with van der Waals surface area (Å²) < 4.78 is 1.80. The minimum absolute atomic E-state index is 0.167. The molecule has 1 fully saturated rings. The summed E-state index contributed by atoms with van der Waals surface area (Å²) in [5, 5.41) is 11.4. The van der Waals surface area contributed by atoms with Crippen molar-refractivity contribution in [3.63, 3.8) is 0 Å². The van der Waals surface area contributed by atoms with E-state index in [1.54, 1.807) is 10.9 Å². The van der Waals surface area contributed by atoms with Gasteiger partial charge in [0.1, 0.15) is 6.54 Å². The summed E-state index contributed by atoms with van der Waals surface area (Å²) in [7, 11) is 0. The Balaban J connectivity index is 1.59. The molecule has 1 saturated heterocycles. The summed E-state index contributed by atoms with van der Waals surface area (Å²) >= 11 is 0. The van der Waals surface area contributed by atoms with Gasteiger partial charge < -0.3 is 4.90 Å². The summed E-state index contributed by atoms with van der Waals surface area (Å²) in [5.74, 6) is 0.680. The molecule has 0 spiro atoms. The largest absolute Gasteiger partial charge is 0.341 e. The molecule has 0 saturated carbocycles.